The number of esters is 4. The molecule has 15 nitrogen and oxygen atoms in total. The van der Waals surface area contributed by atoms with Gasteiger partial charge in [-0.2, -0.15) is 0 Å². The van der Waals surface area contributed by atoms with Gasteiger partial charge in [0.15, 0.2) is 23.6 Å². The fraction of sp³-hybridized carbons (Fsp3) is 0.659. The number of hydrogen-bond acceptors (Lipinski definition) is 14. The van der Waals surface area contributed by atoms with Crippen LogP contribution in [-0.2, 0) is 47.7 Å². The molecule has 1 heterocycles. The highest BCUT2D eigenvalue weighted by Crippen LogP contribution is 2.64. The normalized spacial score (nSPS) is 35.9. The molecule has 10 unspecified atom stereocenters. The predicted molar refractivity (Wildman–Crippen MR) is 194 cm³/mol. The molecule has 1 aromatic rings. The van der Waals surface area contributed by atoms with Crippen molar-refractivity contribution in [3.63, 3.8) is 0 Å². The van der Waals surface area contributed by atoms with Crippen LogP contribution in [0.4, 0.5) is 0 Å². The van der Waals surface area contributed by atoms with Gasteiger partial charge in [0.2, 0.25) is 5.91 Å². The number of carbonyl (C=O) groups excluding carboxylic acids is 6. The lowest BCUT2D eigenvalue weighted by atomic mass is 9.44. The van der Waals surface area contributed by atoms with E-state index >= 15 is 4.79 Å². The minimum atomic E-state index is -2.33. The van der Waals surface area contributed by atoms with Gasteiger partial charge >= 0.3 is 23.9 Å². The molecule has 11 atom stereocenters. The number of hydrogen-bond donors (Lipinski definition) is 4. The molecule has 56 heavy (non-hydrogen) atoms. The number of nitrogens with one attached hydrogen (secondary N) is 1. The Morgan fingerprint density at radius 1 is 0.946 bits per heavy atom. The van der Waals surface area contributed by atoms with E-state index in [1.54, 1.807) is 39.0 Å². The lowest BCUT2D eigenvalue weighted by molar-refractivity contribution is -0.346. The van der Waals surface area contributed by atoms with E-state index in [1.807, 2.05) is 0 Å². The van der Waals surface area contributed by atoms with Gasteiger partial charge in [0, 0.05) is 39.0 Å². The van der Waals surface area contributed by atoms with Crippen molar-refractivity contribution in [1.29, 1.82) is 0 Å². The van der Waals surface area contributed by atoms with E-state index in [4.69, 9.17) is 23.7 Å². The van der Waals surface area contributed by atoms with Gasteiger partial charge in [-0.15, -0.1) is 0 Å². The molecule has 1 saturated heterocycles. The van der Waals surface area contributed by atoms with Crippen LogP contribution >= 0.6 is 0 Å². The molecule has 1 aromatic carbocycles. The van der Waals surface area contributed by atoms with Gasteiger partial charge in [-0.25, -0.2) is 9.59 Å². The number of rotatable bonds is 9. The highest BCUT2D eigenvalue weighted by atomic mass is 16.6. The maximum atomic E-state index is 15.4. The van der Waals surface area contributed by atoms with Crippen LogP contribution in [0.3, 0.4) is 0 Å². The molecule has 1 aliphatic heterocycles. The number of carbonyl (C=O) groups is 6. The highest BCUT2D eigenvalue weighted by molar-refractivity contribution is 5.95. The highest BCUT2D eigenvalue weighted by Gasteiger charge is 2.78. The van der Waals surface area contributed by atoms with Crippen LogP contribution in [0.5, 0.6) is 0 Å². The third kappa shape index (κ3) is 6.63. The maximum absolute atomic E-state index is 15.4. The Morgan fingerprint density at radius 2 is 1.59 bits per heavy atom. The molecule has 0 aromatic heterocycles. The number of ether oxygens (including phenoxy) is 5. The molecule has 3 saturated carbocycles. The minimum Gasteiger partial charge on any atom is -0.456 e. The van der Waals surface area contributed by atoms with Gasteiger partial charge in [-0.3, -0.25) is 19.2 Å². The first-order valence-corrected chi connectivity index (χ1v) is 19.3. The molecule has 15 heteroatoms. The molecule has 6 rings (SSSR count). The Kier molecular flexibility index (Phi) is 11.1. The molecule has 1 amide bonds. The average Bonchev–Trinajstić information content (AvgIpc) is 3.66. The average molecular weight is 784 g/mol. The zero-order valence-electron chi connectivity index (χ0n) is 32.9. The first-order chi connectivity index (χ1) is 26.2. The van der Waals surface area contributed by atoms with Crippen molar-refractivity contribution in [3.05, 3.63) is 47.0 Å². The lowest BCUT2D eigenvalue weighted by Crippen LogP contribution is -2.82. The van der Waals surface area contributed by atoms with Crippen molar-refractivity contribution in [3.8, 4) is 0 Å². The first-order valence-electron chi connectivity index (χ1n) is 19.3. The third-order valence-electron chi connectivity index (χ3n) is 13.3. The van der Waals surface area contributed by atoms with Crippen molar-refractivity contribution in [2.75, 3.05) is 6.61 Å². The summed E-state index contributed by atoms with van der Waals surface area (Å²) < 4.78 is 30.1. The van der Waals surface area contributed by atoms with Gasteiger partial charge < -0.3 is 44.3 Å². The van der Waals surface area contributed by atoms with E-state index in [0.717, 1.165) is 26.7 Å². The second-order valence-electron chi connectivity index (χ2n) is 16.9. The van der Waals surface area contributed by atoms with E-state index in [1.165, 1.54) is 26.0 Å². The number of aliphatic hydroxyl groups is 3. The number of Topliss-reactive ketones (excluding diaryl/α,β-unsaturated/α-hetero) is 1. The fourth-order valence-electron chi connectivity index (χ4n) is 10.4. The van der Waals surface area contributed by atoms with Crippen LogP contribution in [0.1, 0.15) is 97.3 Å². The van der Waals surface area contributed by atoms with E-state index in [9.17, 15) is 39.3 Å². The monoisotopic (exact) mass is 783 g/mol. The van der Waals surface area contributed by atoms with Gasteiger partial charge in [0.1, 0.15) is 23.9 Å². The number of fused-ring (bicyclic) bond motifs is 5. The number of ketones is 1. The van der Waals surface area contributed by atoms with E-state index in [-0.39, 0.29) is 35.7 Å². The summed E-state index contributed by atoms with van der Waals surface area (Å²) >= 11 is 0. The molecule has 2 bridgehead atoms. The summed E-state index contributed by atoms with van der Waals surface area (Å²) in [6, 6.07) is 6.92. The van der Waals surface area contributed by atoms with Crippen LogP contribution in [-0.4, -0.2) is 111 Å². The Morgan fingerprint density at radius 3 is 2.14 bits per heavy atom. The van der Waals surface area contributed by atoms with Crippen LogP contribution in [0.2, 0.25) is 0 Å². The number of benzene rings is 1. The van der Waals surface area contributed by atoms with Gasteiger partial charge in [-0.1, -0.05) is 44.9 Å². The molecular formula is C41H53NO14. The van der Waals surface area contributed by atoms with Gasteiger partial charge in [-0.05, 0) is 55.9 Å². The zero-order chi connectivity index (χ0) is 41.1. The summed E-state index contributed by atoms with van der Waals surface area (Å²) in [5.41, 5.74) is -7.36. The standard InChI is InChI=1S/C41H53NO14/c1-20-26(54-37(50)31(47)30(42-21(2)43)24-13-11-12-14-24)18-41(51)35(55-36(49)25-15-9-8-10-16-25)33-39(7,27(46)17-28-40(33,19-52-28)56-23(4)45)34(48)32(53-22(3)44)29(20)38(41,5)6/h8-10,15-16,24,26-28,30-33,35,46-47,51H,11-14,17-19H2,1-7H3,(H,42,43)/t26?,27?,28?,30?,31?,32?,33?,35?,39-,40?,41?/m1/s1. The van der Waals surface area contributed by atoms with Gasteiger partial charge in [0.05, 0.1) is 35.6 Å². The molecular weight excluding hydrogens is 730 g/mol. The first kappa shape index (κ1) is 41.5. The molecule has 4 fully saturated rings. The topological polar surface area (TPSA) is 221 Å². The van der Waals surface area contributed by atoms with Crippen LogP contribution in [0.25, 0.3) is 0 Å². The van der Waals surface area contributed by atoms with Crippen molar-refractivity contribution >= 4 is 35.6 Å². The summed E-state index contributed by atoms with van der Waals surface area (Å²) in [6.45, 7) is 9.37. The summed E-state index contributed by atoms with van der Waals surface area (Å²) in [5, 5.41) is 39.7. The molecule has 5 aliphatic rings. The smallest absolute Gasteiger partial charge is 0.338 e. The Hall–Kier alpha value is -4.18. The summed E-state index contributed by atoms with van der Waals surface area (Å²) in [5.74, 6) is -6.67. The van der Waals surface area contributed by atoms with Gasteiger partial charge in [0.25, 0.3) is 0 Å². The second-order valence-corrected chi connectivity index (χ2v) is 16.9. The van der Waals surface area contributed by atoms with E-state index in [0.29, 0.717) is 12.8 Å². The second kappa shape index (κ2) is 15.0. The fourth-order valence-corrected chi connectivity index (χ4v) is 10.4. The number of amides is 1. The maximum Gasteiger partial charge on any atom is 0.338 e. The quantitative estimate of drug-likeness (QED) is 0.160. The Labute approximate surface area is 325 Å². The molecule has 0 radical (unpaired) electrons. The van der Waals surface area contributed by atoms with E-state index < -0.39 is 113 Å². The zero-order valence-corrected chi connectivity index (χ0v) is 32.9. The van der Waals surface area contributed by atoms with Crippen LogP contribution < -0.4 is 5.32 Å². The van der Waals surface area contributed by atoms with Crippen LogP contribution in [0, 0.1) is 22.7 Å². The van der Waals surface area contributed by atoms with E-state index in [2.05, 4.69) is 5.32 Å². The Balaban J connectivity index is 1.56. The van der Waals surface area contributed by atoms with Crippen molar-refractivity contribution in [2.45, 2.75) is 141 Å². The molecule has 4 N–H and O–H groups in total. The molecule has 306 valence electrons. The lowest BCUT2D eigenvalue weighted by Gasteiger charge is -2.67. The minimum absolute atomic E-state index is 0.0362. The molecule has 4 aliphatic carbocycles. The van der Waals surface area contributed by atoms with Crippen molar-refractivity contribution in [1.82, 2.24) is 5.32 Å². The third-order valence-corrected chi connectivity index (χ3v) is 13.3. The van der Waals surface area contributed by atoms with Crippen LogP contribution in [0.15, 0.2) is 41.5 Å². The van der Waals surface area contributed by atoms with Crippen molar-refractivity contribution < 1.29 is 67.8 Å². The summed E-state index contributed by atoms with van der Waals surface area (Å²) in [4.78, 5) is 81.4. The largest absolute Gasteiger partial charge is 0.456 e. The summed E-state index contributed by atoms with van der Waals surface area (Å²) in [7, 11) is 0. The molecule has 0 spiro atoms. The predicted octanol–water partition coefficient (Wildman–Crippen LogP) is 2.26. The summed E-state index contributed by atoms with van der Waals surface area (Å²) in [6.07, 6.45) is -6.96. The Bertz CT molecular complexity index is 1800. The number of aliphatic hydroxyl groups excluding tert-OH is 2. The SMILES string of the molecule is CC(=O)NC(C1CCCC1)C(O)C(=O)OC1CC2(O)C(OC(=O)c3ccccc3)C3C4(OC(C)=O)COC4CC(O)[C@@]3(C)C(=O)C(OC(C)=O)C(=C1C)C2(C)C. The van der Waals surface area contributed by atoms with Crippen molar-refractivity contribution in [2.24, 2.45) is 22.7 Å².